The first-order valence-corrected chi connectivity index (χ1v) is 6.18. The normalized spacial score (nSPS) is 18.3. The van der Waals surface area contributed by atoms with Gasteiger partial charge in [0.2, 0.25) is 0 Å². The van der Waals surface area contributed by atoms with Crippen LogP contribution in [0, 0.1) is 12.8 Å². The number of hydrogen-bond acceptors (Lipinski definition) is 3. The molecule has 1 aliphatic rings. The first-order chi connectivity index (χ1) is 8.09. The van der Waals surface area contributed by atoms with Gasteiger partial charge in [-0.15, -0.1) is 12.4 Å². The molecule has 102 valence electrons. The molecule has 1 aromatic rings. The van der Waals surface area contributed by atoms with Gasteiger partial charge in [0.15, 0.2) is 5.76 Å². The van der Waals surface area contributed by atoms with E-state index in [-0.39, 0.29) is 24.4 Å². The number of furan rings is 1. The highest BCUT2D eigenvalue weighted by Gasteiger charge is 2.27. The van der Waals surface area contributed by atoms with Gasteiger partial charge in [0.1, 0.15) is 0 Å². The second-order valence-electron chi connectivity index (χ2n) is 4.92. The molecule has 0 aliphatic carbocycles. The number of aryl methyl sites for hydroxylation is 1. The number of amides is 1. The van der Waals surface area contributed by atoms with Crippen LogP contribution in [-0.4, -0.2) is 29.9 Å². The number of carbonyl (C=O) groups excluding carboxylic acids is 1. The number of piperidine rings is 1. The third-order valence-electron chi connectivity index (χ3n) is 3.63. The number of rotatable bonds is 2. The summed E-state index contributed by atoms with van der Waals surface area (Å²) < 4.78 is 5.24. The van der Waals surface area contributed by atoms with Crippen molar-refractivity contribution in [2.75, 3.05) is 13.1 Å². The average molecular weight is 273 g/mol. The summed E-state index contributed by atoms with van der Waals surface area (Å²) in [6, 6.07) is 2.04. The molecule has 0 radical (unpaired) electrons. The van der Waals surface area contributed by atoms with Crippen LogP contribution < -0.4 is 5.73 Å². The highest BCUT2D eigenvalue weighted by atomic mass is 35.5. The lowest BCUT2D eigenvalue weighted by atomic mass is 9.91. The second-order valence-corrected chi connectivity index (χ2v) is 4.92. The summed E-state index contributed by atoms with van der Waals surface area (Å²) in [4.78, 5) is 14.0. The molecule has 5 heteroatoms. The van der Waals surface area contributed by atoms with Crippen molar-refractivity contribution in [1.82, 2.24) is 4.90 Å². The lowest BCUT2D eigenvalue weighted by Gasteiger charge is -2.33. The molecule has 18 heavy (non-hydrogen) atoms. The zero-order valence-electron chi connectivity index (χ0n) is 10.9. The van der Waals surface area contributed by atoms with Gasteiger partial charge in [0, 0.05) is 24.7 Å². The quantitative estimate of drug-likeness (QED) is 0.898. The van der Waals surface area contributed by atoms with Crippen molar-refractivity contribution in [3.05, 3.63) is 23.7 Å². The molecule has 0 aromatic carbocycles. The maximum absolute atomic E-state index is 12.2. The van der Waals surface area contributed by atoms with Crippen molar-refractivity contribution < 1.29 is 9.21 Å². The second kappa shape index (κ2) is 6.25. The van der Waals surface area contributed by atoms with E-state index in [1.807, 2.05) is 24.8 Å². The van der Waals surface area contributed by atoms with Crippen LogP contribution in [0.1, 0.15) is 35.9 Å². The molecule has 2 N–H and O–H groups in total. The van der Waals surface area contributed by atoms with Gasteiger partial charge < -0.3 is 15.1 Å². The molecule has 0 saturated carbocycles. The van der Waals surface area contributed by atoms with Gasteiger partial charge in [0.25, 0.3) is 5.91 Å². The lowest BCUT2D eigenvalue weighted by molar-refractivity contribution is 0.0648. The third kappa shape index (κ3) is 3.06. The molecule has 1 saturated heterocycles. The predicted octanol–water partition coefficient (Wildman–Crippen LogP) is 2.21. The summed E-state index contributed by atoms with van der Waals surface area (Å²) in [6.45, 7) is 5.50. The van der Waals surface area contributed by atoms with Gasteiger partial charge in [-0.05, 0) is 38.7 Å². The van der Waals surface area contributed by atoms with Gasteiger partial charge in [0.05, 0.1) is 6.26 Å². The zero-order valence-corrected chi connectivity index (χ0v) is 11.7. The van der Waals surface area contributed by atoms with E-state index in [1.165, 1.54) is 0 Å². The van der Waals surface area contributed by atoms with Crippen LogP contribution in [0.15, 0.2) is 16.7 Å². The molecular formula is C13H21ClN2O2. The summed E-state index contributed by atoms with van der Waals surface area (Å²) >= 11 is 0. The molecular weight excluding hydrogens is 252 g/mol. The molecule has 1 aliphatic heterocycles. The highest BCUT2D eigenvalue weighted by molar-refractivity contribution is 5.92. The van der Waals surface area contributed by atoms with Gasteiger partial charge >= 0.3 is 0 Å². The minimum Gasteiger partial charge on any atom is -0.459 e. The van der Waals surface area contributed by atoms with E-state index in [1.54, 1.807) is 6.26 Å². The Morgan fingerprint density at radius 2 is 2.11 bits per heavy atom. The Kier molecular flexibility index (Phi) is 5.23. The van der Waals surface area contributed by atoms with Crippen LogP contribution in [0.3, 0.4) is 0 Å². The van der Waals surface area contributed by atoms with Crippen molar-refractivity contribution in [2.45, 2.75) is 32.7 Å². The predicted molar refractivity (Wildman–Crippen MR) is 73.0 cm³/mol. The van der Waals surface area contributed by atoms with Gasteiger partial charge in [-0.2, -0.15) is 0 Å². The summed E-state index contributed by atoms with van der Waals surface area (Å²) in [5, 5.41) is 0. The molecule has 0 bridgehead atoms. The van der Waals surface area contributed by atoms with Crippen molar-refractivity contribution in [3.8, 4) is 0 Å². The van der Waals surface area contributed by atoms with E-state index in [0.29, 0.717) is 11.7 Å². The Hall–Kier alpha value is -1.00. The molecule has 1 fully saturated rings. The van der Waals surface area contributed by atoms with E-state index in [9.17, 15) is 4.79 Å². The standard InChI is InChI=1S/C13H20N2O2.ClH/c1-9-5-8-17-12(9)13(16)15-6-3-11(4-7-15)10(2)14;/h5,8,10-11H,3-4,6-7,14H2,1-2H3;1H. The monoisotopic (exact) mass is 272 g/mol. The summed E-state index contributed by atoms with van der Waals surface area (Å²) in [5.74, 6) is 1.02. The minimum absolute atomic E-state index is 0. The fourth-order valence-corrected chi connectivity index (χ4v) is 2.36. The summed E-state index contributed by atoms with van der Waals surface area (Å²) in [7, 11) is 0. The van der Waals surface area contributed by atoms with Gasteiger partial charge in [-0.1, -0.05) is 0 Å². The molecule has 4 nitrogen and oxygen atoms in total. The number of halogens is 1. The zero-order chi connectivity index (χ0) is 12.4. The number of likely N-dealkylation sites (tertiary alicyclic amines) is 1. The van der Waals surface area contributed by atoms with E-state index in [0.717, 1.165) is 31.5 Å². The molecule has 1 aromatic heterocycles. The smallest absolute Gasteiger partial charge is 0.289 e. The number of carbonyl (C=O) groups is 1. The molecule has 0 spiro atoms. The first kappa shape index (κ1) is 15.1. The molecule has 1 unspecified atom stereocenters. The first-order valence-electron chi connectivity index (χ1n) is 6.18. The number of nitrogens with zero attached hydrogens (tertiary/aromatic N) is 1. The van der Waals surface area contributed by atoms with Gasteiger partial charge in [-0.25, -0.2) is 0 Å². The third-order valence-corrected chi connectivity index (χ3v) is 3.63. The highest BCUT2D eigenvalue weighted by Crippen LogP contribution is 2.22. The Morgan fingerprint density at radius 3 is 2.56 bits per heavy atom. The Balaban J connectivity index is 0.00000162. The molecule has 1 amide bonds. The molecule has 1 atom stereocenters. The van der Waals surface area contributed by atoms with Gasteiger partial charge in [-0.3, -0.25) is 4.79 Å². The Morgan fingerprint density at radius 1 is 1.50 bits per heavy atom. The number of nitrogens with two attached hydrogens (primary N) is 1. The van der Waals surface area contributed by atoms with Crippen LogP contribution in [0.4, 0.5) is 0 Å². The van der Waals surface area contributed by atoms with Crippen LogP contribution in [-0.2, 0) is 0 Å². The maximum atomic E-state index is 12.2. The van der Waals surface area contributed by atoms with E-state index in [2.05, 4.69) is 0 Å². The van der Waals surface area contributed by atoms with Crippen molar-refractivity contribution in [3.63, 3.8) is 0 Å². The minimum atomic E-state index is 0. The van der Waals surface area contributed by atoms with Crippen LogP contribution in [0.5, 0.6) is 0 Å². The average Bonchev–Trinajstić information content (AvgIpc) is 2.74. The van der Waals surface area contributed by atoms with E-state index >= 15 is 0 Å². The fraction of sp³-hybridized carbons (Fsp3) is 0.615. The maximum Gasteiger partial charge on any atom is 0.289 e. The van der Waals surface area contributed by atoms with Crippen molar-refractivity contribution in [1.29, 1.82) is 0 Å². The number of hydrogen-bond donors (Lipinski definition) is 1. The largest absolute Gasteiger partial charge is 0.459 e. The topological polar surface area (TPSA) is 59.5 Å². The van der Waals surface area contributed by atoms with Crippen molar-refractivity contribution in [2.24, 2.45) is 11.7 Å². The fourth-order valence-electron chi connectivity index (χ4n) is 2.36. The Labute approximate surface area is 114 Å². The van der Waals surface area contributed by atoms with Crippen LogP contribution in [0.25, 0.3) is 0 Å². The summed E-state index contributed by atoms with van der Waals surface area (Å²) in [5.41, 5.74) is 6.79. The molecule has 2 heterocycles. The lowest BCUT2D eigenvalue weighted by Crippen LogP contribution is -2.42. The van der Waals surface area contributed by atoms with E-state index < -0.39 is 0 Å². The summed E-state index contributed by atoms with van der Waals surface area (Å²) in [6.07, 6.45) is 3.55. The van der Waals surface area contributed by atoms with E-state index in [4.69, 9.17) is 10.2 Å². The molecule has 2 rings (SSSR count). The van der Waals surface area contributed by atoms with Crippen LogP contribution in [0.2, 0.25) is 0 Å². The van der Waals surface area contributed by atoms with Crippen molar-refractivity contribution >= 4 is 18.3 Å². The Bertz CT molecular complexity index is 395. The van der Waals surface area contributed by atoms with Crippen LogP contribution >= 0.6 is 12.4 Å². The SMILES string of the molecule is Cc1ccoc1C(=O)N1CCC(C(C)N)CC1.Cl.